The molecule has 34 heavy (non-hydrogen) atoms. The predicted octanol–water partition coefficient (Wildman–Crippen LogP) is 2.93. The topological polar surface area (TPSA) is 179 Å². The Kier molecular flexibility index (Phi) is 5.60. The van der Waals surface area contributed by atoms with E-state index in [1.54, 1.807) is 18.2 Å². The maximum Gasteiger partial charge on any atom is 0.314 e. The Morgan fingerprint density at radius 2 is 1.88 bits per heavy atom. The van der Waals surface area contributed by atoms with Gasteiger partial charge < -0.3 is 29.8 Å². The number of hydrogen-bond donors (Lipinski definition) is 3. The molecule has 0 fully saturated rings. The van der Waals surface area contributed by atoms with Crippen LogP contribution in [0, 0.1) is 21.4 Å². The first kappa shape index (κ1) is 22.3. The van der Waals surface area contributed by atoms with Crippen molar-refractivity contribution in [3.63, 3.8) is 0 Å². The molecule has 3 aromatic rings. The number of nitrogens with two attached hydrogens (primary N) is 1. The van der Waals surface area contributed by atoms with Gasteiger partial charge in [0, 0.05) is 11.6 Å². The summed E-state index contributed by atoms with van der Waals surface area (Å²) in [7, 11) is 4.27. The zero-order chi connectivity index (χ0) is 24.6. The molecule has 4 rings (SSSR count). The molecule has 0 bridgehead atoms. The fourth-order valence-electron chi connectivity index (χ4n) is 3.87. The van der Waals surface area contributed by atoms with Crippen molar-refractivity contribution in [1.82, 2.24) is 10.2 Å². The zero-order valence-corrected chi connectivity index (χ0v) is 18.3. The molecule has 12 heteroatoms. The third-order valence-electron chi connectivity index (χ3n) is 5.44. The van der Waals surface area contributed by atoms with Crippen LogP contribution in [-0.4, -0.2) is 41.6 Å². The summed E-state index contributed by atoms with van der Waals surface area (Å²) in [5.41, 5.74) is 7.20. The second kappa shape index (κ2) is 8.55. The molecule has 0 aliphatic carbocycles. The quantitative estimate of drug-likeness (QED) is 0.362. The number of phenolic OH excluding ortho intramolecular Hbond substituents is 1. The summed E-state index contributed by atoms with van der Waals surface area (Å²) in [5, 5.41) is 38.7. The monoisotopic (exact) mass is 465 g/mol. The van der Waals surface area contributed by atoms with Crippen molar-refractivity contribution in [2.75, 3.05) is 21.3 Å². The van der Waals surface area contributed by atoms with Gasteiger partial charge in [-0.1, -0.05) is 0 Å². The first-order valence-corrected chi connectivity index (χ1v) is 9.78. The Morgan fingerprint density at radius 3 is 2.50 bits per heavy atom. The lowest BCUT2D eigenvalue weighted by atomic mass is 9.82. The van der Waals surface area contributed by atoms with Crippen LogP contribution in [0.15, 0.2) is 41.8 Å². The summed E-state index contributed by atoms with van der Waals surface area (Å²) in [5.74, 6) is -0.817. The molecule has 1 aliphatic heterocycles. The molecule has 174 valence electrons. The molecular formula is C22H19N5O7. The number of aromatic hydroxyl groups is 1. The summed E-state index contributed by atoms with van der Waals surface area (Å²) in [6.07, 6.45) is 0. The number of ether oxygens (including phenoxy) is 4. The second-order valence-corrected chi connectivity index (χ2v) is 7.16. The Bertz CT molecular complexity index is 1370. The average molecular weight is 465 g/mol. The van der Waals surface area contributed by atoms with E-state index in [1.165, 1.54) is 27.4 Å². The minimum Gasteiger partial charge on any atom is -0.500 e. The van der Waals surface area contributed by atoms with Crippen molar-refractivity contribution >= 4 is 5.69 Å². The number of phenols is 1. The normalized spacial score (nSPS) is 14.6. The number of nitrogens with one attached hydrogen (secondary N) is 1. The fourth-order valence-corrected chi connectivity index (χ4v) is 3.87. The van der Waals surface area contributed by atoms with E-state index in [0.717, 1.165) is 6.07 Å². The summed E-state index contributed by atoms with van der Waals surface area (Å²) >= 11 is 0. The van der Waals surface area contributed by atoms with Crippen molar-refractivity contribution in [1.29, 1.82) is 5.26 Å². The molecule has 2 heterocycles. The van der Waals surface area contributed by atoms with Crippen LogP contribution in [0.1, 0.15) is 17.0 Å². The van der Waals surface area contributed by atoms with Crippen LogP contribution in [0.2, 0.25) is 0 Å². The van der Waals surface area contributed by atoms with Crippen LogP contribution >= 0.6 is 0 Å². The maximum atomic E-state index is 11.6. The van der Waals surface area contributed by atoms with Gasteiger partial charge in [0.1, 0.15) is 11.6 Å². The number of benzene rings is 2. The van der Waals surface area contributed by atoms with E-state index < -0.39 is 22.3 Å². The number of methoxy groups -OCH3 is 3. The van der Waals surface area contributed by atoms with Crippen molar-refractivity contribution in [2.45, 2.75) is 5.92 Å². The molecule has 0 radical (unpaired) electrons. The Labute approximate surface area is 192 Å². The number of nitrogens with zero attached hydrogens (tertiary/aromatic N) is 3. The lowest BCUT2D eigenvalue weighted by Crippen LogP contribution is -2.21. The van der Waals surface area contributed by atoms with Crippen LogP contribution in [0.4, 0.5) is 5.69 Å². The van der Waals surface area contributed by atoms with E-state index in [4.69, 9.17) is 24.7 Å². The predicted molar refractivity (Wildman–Crippen MR) is 118 cm³/mol. The molecule has 1 aromatic heterocycles. The van der Waals surface area contributed by atoms with E-state index in [-0.39, 0.29) is 28.6 Å². The summed E-state index contributed by atoms with van der Waals surface area (Å²) in [4.78, 5) is 10.8. The second-order valence-electron chi connectivity index (χ2n) is 7.16. The van der Waals surface area contributed by atoms with E-state index in [1.807, 2.05) is 6.07 Å². The average Bonchev–Trinajstić information content (AvgIpc) is 3.25. The standard InChI is InChI=1S/C22H19N5O7/c1-31-14-5-4-10(7-15(14)32-2)19-18-17(12(9-23)21(24)34-22(18)26-25-19)11-6-13(27(29)30)20(28)16(8-11)33-3/h4-8,17,28H,24H2,1-3H3,(H,25,26)/t17-/m0/s1. The van der Waals surface area contributed by atoms with E-state index in [9.17, 15) is 20.5 Å². The number of nitro groups is 1. The summed E-state index contributed by atoms with van der Waals surface area (Å²) < 4.78 is 21.4. The third kappa shape index (κ3) is 3.45. The lowest BCUT2D eigenvalue weighted by molar-refractivity contribution is -0.386. The smallest absolute Gasteiger partial charge is 0.314 e. The van der Waals surface area contributed by atoms with Crippen LogP contribution in [0.3, 0.4) is 0 Å². The molecule has 0 spiro atoms. The molecule has 0 saturated carbocycles. The number of nitriles is 1. The Morgan fingerprint density at radius 1 is 1.18 bits per heavy atom. The van der Waals surface area contributed by atoms with Crippen molar-refractivity contribution in [3.8, 4) is 46.2 Å². The number of nitro benzene ring substituents is 1. The van der Waals surface area contributed by atoms with Crippen LogP contribution in [0.25, 0.3) is 11.3 Å². The zero-order valence-electron chi connectivity index (χ0n) is 18.3. The van der Waals surface area contributed by atoms with E-state index >= 15 is 0 Å². The molecule has 0 amide bonds. The molecule has 2 aromatic carbocycles. The highest BCUT2D eigenvalue weighted by Crippen LogP contribution is 2.49. The number of rotatable bonds is 6. The van der Waals surface area contributed by atoms with E-state index in [0.29, 0.717) is 28.3 Å². The highest BCUT2D eigenvalue weighted by Gasteiger charge is 2.37. The van der Waals surface area contributed by atoms with Gasteiger partial charge in [0.25, 0.3) is 0 Å². The number of allylic oxidation sites excluding steroid dienone is 1. The van der Waals surface area contributed by atoms with Crippen LogP contribution < -0.4 is 24.7 Å². The number of fused-ring (bicyclic) bond motifs is 1. The minimum atomic E-state index is -0.913. The van der Waals surface area contributed by atoms with Gasteiger partial charge in [0.2, 0.25) is 17.5 Å². The SMILES string of the molecule is COc1ccc(-c2[nH]nc3c2[C@@H](c2cc(OC)c(O)c([N+](=O)[O-])c2)C(C#N)=C(N)O3)cc1OC. The van der Waals surface area contributed by atoms with Gasteiger partial charge in [0.05, 0.1) is 43.4 Å². The fraction of sp³-hybridized carbons (Fsp3) is 0.182. The first-order valence-electron chi connectivity index (χ1n) is 9.78. The van der Waals surface area contributed by atoms with Gasteiger partial charge in [0.15, 0.2) is 17.2 Å². The third-order valence-corrected chi connectivity index (χ3v) is 5.44. The highest BCUT2D eigenvalue weighted by molar-refractivity contribution is 5.73. The number of aromatic nitrogens is 2. The molecule has 1 atom stereocenters. The summed E-state index contributed by atoms with van der Waals surface area (Å²) in [6.45, 7) is 0. The molecule has 12 nitrogen and oxygen atoms in total. The Hall–Kier alpha value is -4.92. The van der Waals surface area contributed by atoms with Crippen LogP contribution in [0.5, 0.6) is 28.9 Å². The first-order chi connectivity index (χ1) is 16.3. The van der Waals surface area contributed by atoms with E-state index in [2.05, 4.69) is 10.2 Å². The molecule has 4 N–H and O–H groups in total. The summed E-state index contributed by atoms with van der Waals surface area (Å²) in [6, 6.07) is 9.74. The molecule has 0 saturated heterocycles. The van der Waals surface area contributed by atoms with Gasteiger partial charge in [-0.2, -0.15) is 5.26 Å². The number of hydrogen-bond acceptors (Lipinski definition) is 10. The highest BCUT2D eigenvalue weighted by atomic mass is 16.6. The lowest BCUT2D eigenvalue weighted by Gasteiger charge is -2.24. The number of aromatic amines is 1. The van der Waals surface area contributed by atoms with Crippen molar-refractivity contribution < 1.29 is 29.0 Å². The maximum absolute atomic E-state index is 11.6. The van der Waals surface area contributed by atoms with Gasteiger partial charge in [-0.3, -0.25) is 15.2 Å². The largest absolute Gasteiger partial charge is 0.500 e. The minimum absolute atomic E-state index is 0.0117. The molecule has 0 unspecified atom stereocenters. The molecular weight excluding hydrogens is 446 g/mol. The van der Waals surface area contributed by atoms with Crippen molar-refractivity contribution in [3.05, 3.63) is 63.0 Å². The molecule has 1 aliphatic rings. The van der Waals surface area contributed by atoms with Gasteiger partial charge in [-0.15, -0.1) is 5.10 Å². The Balaban J connectivity index is 1.99. The van der Waals surface area contributed by atoms with Crippen LogP contribution in [-0.2, 0) is 0 Å². The van der Waals surface area contributed by atoms with Gasteiger partial charge in [-0.25, -0.2) is 0 Å². The van der Waals surface area contributed by atoms with Crippen molar-refractivity contribution in [2.24, 2.45) is 5.73 Å². The van der Waals surface area contributed by atoms with Gasteiger partial charge in [-0.05, 0) is 29.8 Å². The number of H-pyrrole nitrogens is 1. The van der Waals surface area contributed by atoms with Gasteiger partial charge >= 0.3 is 5.69 Å².